The van der Waals surface area contributed by atoms with Crippen LogP contribution in [0.4, 0.5) is 5.95 Å². The fourth-order valence-electron chi connectivity index (χ4n) is 2.66. The number of anilines is 1. The second-order valence-corrected chi connectivity index (χ2v) is 5.27. The van der Waals surface area contributed by atoms with E-state index in [9.17, 15) is 0 Å². The van der Waals surface area contributed by atoms with Crippen LogP contribution < -0.4 is 5.73 Å². The lowest BCUT2D eigenvalue weighted by molar-refractivity contribution is 0.176. The summed E-state index contributed by atoms with van der Waals surface area (Å²) < 4.78 is 7.54. The van der Waals surface area contributed by atoms with Gasteiger partial charge in [0.15, 0.2) is 0 Å². The minimum atomic E-state index is 0.290. The Bertz CT molecular complexity index is 575. The normalized spacial score (nSPS) is 21.6. The van der Waals surface area contributed by atoms with Crippen molar-refractivity contribution in [2.75, 3.05) is 18.9 Å². The molecule has 1 aromatic carbocycles. The quantitative estimate of drug-likeness (QED) is 0.908. The van der Waals surface area contributed by atoms with Crippen LogP contribution in [0.25, 0.3) is 11.0 Å². The zero-order chi connectivity index (χ0) is 12.7. The third-order valence-corrected chi connectivity index (χ3v) is 3.97. The first-order valence-electron chi connectivity index (χ1n) is 6.17. The summed E-state index contributed by atoms with van der Waals surface area (Å²) in [6.07, 6.45) is 1.08. The zero-order valence-corrected chi connectivity index (χ0v) is 11.0. The molecule has 1 aliphatic rings. The summed E-state index contributed by atoms with van der Waals surface area (Å²) in [4.78, 5) is 4.38. The third-order valence-electron chi connectivity index (χ3n) is 3.73. The van der Waals surface area contributed by atoms with Crippen molar-refractivity contribution in [3.63, 3.8) is 0 Å². The number of aromatic nitrogens is 2. The maximum Gasteiger partial charge on any atom is 0.201 e. The number of nitrogen functional groups attached to an aromatic ring is 1. The van der Waals surface area contributed by atoms with Gasteiger partial charge < -0.3 is 15.0 Å². The second-order valence-electron chi connectivity index (χ2n) is 4.84. The molecule has 3 rings (SSSR count). The third kappa shape index (κ3) is 1.85. The van der Waals surface area contributed by atoms with Gasteiger partial charge in [-0.15, -0.1) is 0 Å². The maximum atomic E-state index is 6.04. The Morgan fingerprint density at radius 1 is 1.56 bits per heavy atom. The molecular weight excluding hydrogens is 250 g/mol. The van der Waals surface area contributed by atoms with Crippen molar-refractivity contribution < 1.29 is 4.74 Å². The second kappa shape index (κ2) is 4.44. The minimum Gasteiger partial charge on any atom is -0.381 e. The zero-order valence-electron chi connectivity index (χ0n) is 10.3. The van der Waals surface area contributed by atoms with Crippen molar-refractivity contribution in [2.24, 2.45) is 5.92 Å². The van der Waals surface area contributed by atoms with Gasteiger partial charge in [-0.05, 0) is 31.5 Å². The molecule has 0 bridgehead atoms. The van der Waals surface area contributed by atoms with E-state index in [0.29, 0.717) is 22.9 Å². The first kappa shape index (κ1) is 11.8. The summed E-state index contributed by atoms with van der Waals surface area (Å²) in [7, 11) is 0. The van der Waals surface area contributed by atoms with E-state index in [0.717, 1.165) is 30.7 Å². The van der Waals surface area contributed by atoms with Gasteiger partial charge in [-0.3, -0.25) is 0 Å². The largest absolute Gasteiger partial charge is 0.381 e. The average Bonchev–Trinajstić information content (AvgIpc) is 2.94. The molecule has 1 aromatic heterocycles. The topological polar surface area (TPSA) is 53.1 Å². The molecule has 1 fully saturated rings. The summed E-state index contributed by atoms with van der Waals surface area (Å²) in [6, 6.07) is 5.99. The molecule has 4 nitrogen and oxygen atoms in total. The van der Waals surface area contributed by atoms with E-state index in [2.05, 4.69) is 16.5 Å². The van der Waals surface area contributed by atoms with Gasteiger partial charge in [0.05, 0.1) is 17.6 Å². The molecular formula is C13H16ClN3O. The van der Waals surface area contributed by atoms with Crippen molar-refractivity contribution in [1.29, 1.82) is 0 Å². The van der Waals surface area contributed by atoms with Crippen LogP contribution in [0.5, 0.6) is 0 Å². The fraction of sp³-hybridized carbons (Fsp3) is 0.462. The highest BCUT2D eigenvalue weighted by Crippen LogP contribution is 2.32. The molecule has 0 aliphatic carbocycles. The van der Waals surface area contributed by atoms with Crippen molar-refractivity contribution >= 4 is 28.6 Å². The van der Waals surface area contributed by atoms with E-state index < -0.39 is 0 Å². The first-order valence-corrected chi connectivity index (χ1v) is 6.55. The minimum absolute atomic E-state index is 0.290. The Labute approximate surface area is 111 Å². The van der Waals surface area contributed by atoms with E-state index in [1.54, 1.807) is 0 Å². The van der Waals surface area contributed by atoms with Crippen LogP contribution in [-0.2, 0) is 4.74 Å². The lowest BCUT2D eigenvalue weighted by atomic mass is 10.0. The van der Waals surface area contributed by atoms with Gasteiger partial charge in [-0.25, -0.2) is 4.98 Å². The van der Waals surface area contributed by atoms with Crippen LogP contribution >= 0.6 is 11.6 Å². The number of hydrogen-bond acceptors (Lipinski definition) is 3. The molecule has 2 N–H and O–H groups in total. The summed E-state index contributed by atoms with van der Waals surface area (Å²) in [5, 5.41) is 0.684. The number of fused-ring (bicyclic) bond motifs is 1. The molecule has 0 saturated carbocycles. The van der Waals surface area contributed by atoms with Gasteiger partial charge in [0.2, 0.25) is 5.95 Å². The predicted octanol–water partition coefficient (Wildman–Crippen LogP) is 2.87. The molecule has 2 atom stereocenters. The van der Waals surface area contributed by atoms with Crippen LogP contribution in [0.2, 0.25) is 5.02 Å². The van der Waals surface area contributed by atoms with Gasteiger partial charge in [0.1, 0.15) is 0 Å². The van der Waals surface area contributed by atoms with Crippen LogP contribution in [0.3, 0.4) is 0 Å². The molecule has 18 heavy (non-hydrogen) atoms. The van der Waals surface area contributed by atoms with Crippen LogP contribution in [-0.4, -0.2) is 22.8 Å². The highest BCUT2D eigenvalue weighted by atomic mass is 35.5. The summed E-state index contributed by atoms with van der Waals surface area (Å²) in [5.74, 6) is 1.05. The Morgan fingerprint density at radius 2 is 2.39 bits per heavy atom. The number of benzene rings is 1. The standard InChI is InChI=1S/C13H16ClN3O/c1-8(9-4-5-18-7-9)17-12-3-2-10(14)6-11(12)16-13(17)15/h2-3,6,8-9H,4-5,7H2,1H3,(H2,15,16). The number of rotatable bonds is 2. The van der Waals surface area contributed by atoms with Crippen molar-refractivity contribution in [2.45, 2.75) is 19.4 Å². The number of imidazole rings is 1. The number of nitrogens with two attached hydrogens (primary N) is 1. The van der Waals surface area contributed by atoms with Gasteiger partial charge in [0, 0.05) is 23.6 Å². The fourth-order valence-corrected chi connectivity index (χ4v) is 2.83. The van der Waals surface area contributed by atoms with E-state index >= 15 is 0 Å². The summed E-state index contributed by atoms with van der Waals surface area (Å²) in [5.41, 5.74) is 7.93. The van der Waals surface area contributed by atoms with Gasteiger partial charge in [-0.1, -0.05) is 11.6 Å². The number of nitrogens with zero attached hydrogens (tertiary/aromatic N) is 2. The Balaban J connectivity index is 2.07. The smallest absolute Gasteiger partial charge is 0.201 e. The monoisotopic (exact) mass is 265 g/mol. The molecule has 5 heteroatoms. The van der Waals surface area contributed by atoms with Crippen LogP contribution in [0.1, 0.15) is 19.4 Å². The van der Waals surface area contributed by atoms with Crippen molar-refractivity contribution in [3.05, 3.63) is 23.2 Å². The van der Waals surface area contributed by atoms with Crippen LogP contribution in [0, 0.1) is 5.92 Å². The molecule has 0 spiro atoms. The van der Waals surface area contributed by atoms with E-state index in [1.807, 2.05) is 18.2 Å². The number of hydrogen-bond donors (Lipinski definition) is 1. The molecule has 1 aliphatic heterocycles. The van der Waals surface area contributed by atoms with E-state index in [-0.39, 0.29) is 0 Å². The summed E-state index contributed by atoms with van der Waals surface area (Å²) in [6.45, 7) is 3.81. The number of halogens is 1. The summed E-state index contributed by atoms with van der Waals surface area (Å²) >= 11 is 5.98. The average molecular weight is 266 g/mol. The van der Waals surface area contributed by atoms with Gasteiger partial charge >= 0.3 is 0 Å². The lowest BCUT2D eigenvalue weighted by Crippen LogP contribution is -2.18. The predicted molar refractivity (Wildman–Crippen MR) is 72.8 cm³/mol. The Hall–Kier alpha value is -1.26. The van der Waals surface area contributed by atoms with Gasteiger partial charge in [-0.2, -0.15) is 0 Å². The number of ether oxygens (including phenoxy) is 1. The van der Waals surface area contributed by atoms with Gasteiger partial charge in [0.25, 0.3) is 0 Å². The molecule has 2 heterocycles. The highest BCUT2D eigenvalue weighted by Gasteiger charge is 2.26. The Kier molecular flexibility index (Phi) is 2.92. The first-order chi connectivity index (χ1) is 8.66. The molecule has 0 amide bonds. The molecule has 2 unspecified atom stereocenters. The molecule has 2 aromatic rings. The van der Waals surface area contributed by atoms with E-state index in [4.69, 9.17) is 22.1 Å². The van der Waals surface area contributed by atoms with E-state index in [1.165, 1.54) is 0 Å². The van der Waals surface area contributed by atoms with Crippen LogP contribution in [0.15, 0.2) is 18.2 Å². The SMILES string of the molecule is CC(C1CCOC1)n1c(N)nc2cc(Cl)ccc21. The highest BCUT2D eigenvalue weighted by molar-refractivity contribution is 6.31. The lowest BCUT2D eigenvalue weighted by Gasteiger charge is -2.21. The maximum absolute atomic E-state index is 6.04. The Morgan fingerprint density at radius 3 is 3.11 bits per heavy atom. The van der Waals surface area contributed by atoms with Crippen molar-refractivity contribution in [1.82, 2.24) is 9.55 Å². The molecule has 96 valence electrons. The molecule has 0 radical (unpaired) electrons. The molecule has 1 saturated heterocycles. The van der Waals surface area contributed by atoms with Crippen molar-refractivity contribution in [3.8, 4) is 0 Å².